The molecule has 1 saturated carbocycles. The van der Waals surface area contributed by atoms with Crippen LogP contribution in [0.5, 0.6) is 0 Å². The molecule has 7 heteroatoms. The van der Waals surface area contributed by atoms with Crippen LogP contribution in [-0.2, 0) is 11.0 Å². The van der Waals surface area contributed by atoms with Crippen molar-refractivity contribution < 1.29 is 23.1 Å². The SMILES string of the molecule is N#Cc1cc(C(F)(F)F)ccc1N(CC(=O)O)CC1CC1. The lowest BCUT2D eigenvalue weighted by atomic mass is 10.1. The molecule has 0 aliphatic heterocycles. The number of alkyl halides is 3. The van der Waals surface area contributed by atoms with Crippen LogP contribution in [0.25, 0.3) is 0 Å². The highest BCUT2D eigenvalue weighted by molar-refractivity contribution is 5.75. The van der Waals surface area contributed by atoms with Crippen LogP contribution in [0.1, 0.15) is 24.0 Å². The normalized spacial score (nSPS) is 14.6. The first-order valence-electron chi connectivity index (χ1n) is 6.39. The van der Waals surface area contributed by atoms with Crippen LogP contribution in [0, 0.1) is 17.2 Å². The Hall–Kier alpha value is -2.23. The summed E-state index contributed by atoms with van der Waals surface area (Å²) in [6.07, 6.45) is -2.59. The molecular formula is C14H13F3N2O2. The summed E-state index contributed by atoms with van der Waals surface area (Å²) in [4.78, 5) is 12.4. The van der Waals surface area contributed by atoms with E-state index in [1.807, 2.05) is 0 Å². The highest BCUT2D eigenvalue weighted by Gasteiger charge is 2.32. The standard InChI is InChI=1S/C14H13F3N2O2/c15-14(16,17)11-3-4-12(10(5-11)6-18)19(8-13(20)21)7-9-1-2-9/h3-5,9H,1-2,7-8H2,(H,20,21). The average Bonchev–Trinajstić information content (AvgIpc) is 3.19. The molecule has 1 aliphatic rings. The lowest BCUT2D eigenvalue weighted by Gasteiger charge is -2.24. The van der Waals surface area contributed by atoms with E-state index in [2.05, 4.69) is 0 Å². The number of anilines is 1. The van der Waals surface area contributed by atoms with E-state index in [4.69, 9.17) is 10.4 Å². The molecule has 0 radical (unpaired) electrons. The smallest absolute Gasteiger partial charge is 0.416 e. The van der Waals surface area contributed by atoms with Crippen molar-refractivity contribution in [3.8, 4) is 6.07 Å². The molecule has 0 aromatic heterocycles. The second-order valence-electron chi connectivity index (χ2n) is 5.06. The van der Waals surface area contributed by atoms with Gasteiger partial charge in [0, 0.05) is 6.54 Å². The fourth-order valence-electron chi connectivity index (χ4n) is 2.10. The molecule has 2 rings (SSSR count). The van der Waals surface area contributed by atoms with E-state index in [9.17, 15) is 18.0 Å². The highest BCUT2D eigenvalue weighted by Crippen LogP contribution is 2.35. The molecule has 0 atom stereocenters. The van der Waals surface area contributed by atoms with Gasteiger partial charge >= 0.3 is 12.1 Å². The van der Waals surface area contributed by atoms with Crippen molar-refractivity contribution in [3.63, 3.8) is 0 Å². The van der Waals surface area contributed by atoms with Gasteiger partial charge in [-0.15, -0.1) is 0 Å². The minimum Gasteiger partial charge on any atom is -0.480 e. The van der Waals surface area contributed by atoms with Crippen molar-refractivity contribution in [1.82, 2.24) is 0 Å². The molecule has 0 bridgehead atoms. The Morgan fingerprint density at radius 2 is 2.10 bits per heavy atom. The van der Waals surface area contributed by atoms with Crippen LogP contribution in [0.15, 0.2) is 18.2 Å². The molecule has 0 spiro atoms. The van der Waals surface area contributed by atoms with Crippen molar-refractivity contribution in [2.45, 2.75) is 19.0 Å². The molecule has 21 heavy (non-hydrogen) atoms. The minimum absolute atomic E-state index is 0.160. The van der Waals surface area contributed by atoms with Gasteiger partial charge in [-0.05, 0) is 37.0 Å². The predicted molar refractivity (Wildman–Crippen MR) is 68.7 cm³/mol. The summed E-state index contributed by atoms with van der Waals surface area (Å²) in [5.74, 6) is -0.738. The second-order valence-corrected chi connectivity index (χ2v) is 5.06. The Labute approximate surface area is 119 Å². The minimum atomic E-state index is -4.53. The third kappa shape index (κ3) is 3.88. The van der Waals surface area contributed by atoms with Crippen molar-refractivity contribution in [2.24, 2.45) is 5.92 Å². The topological polar surface area (TPSA) is 64.3 Å². The zero-order chi connectivity index (χ0) is 15.6. The van der Waals surface area contributed by atoms with Gasteiger partial charge in [0.25, 0.3) is 0 Å². The molecule has 0 amide bonds. The molecule has 1 N–H and O–H groups in total. The number of carboxylic acid groups (broad SMARTS) is 1. The molecule has 1 fully saturated rings. The zero-order valence-corrected chi connectivity index (χ0v) is 11.0. The number of hydrogen-bond acceptors (Lipinski definition) is 3. The first-order chi connectivity index (χ1) is 9.81. The number of nitriles is 1. The van der Waals surface area contributed by atoms with Crippen LogP contribution in [0.4, 0.5) is 18.9 Å². The zero-order valence-electron chi connectivity index (χ0n) is 11.0. The summed E-state index contributed by atoms with van der Waals surface area (Å²) < 4.78 is 38.0. The van der Waals surface area contributed by atoms with Gasteiger partial charge in [0.15, 0.2) is 0 Å². The van der Waals surface area contributed by atoms with E-state index in [-0.39, 0.29) is 17.8 Å². The summed E-state index contributed by atoms with van der Waals surface area (Å²) >= 11 is 0. The Morgan fingerprint density at radius 3 is 2.57 bits per heavy atom. The van der Waals surface area contributed by atoms with E-state index in [1.54, 1.807) is 6.07 Å². The Bertz CT molecular complexity index is 589. The van der Waals surface area contributed by atoms with Gasteiger partial charge in [0.2, 0.25) is 0 Å². The van der Waals surface area contributed by atoms with E-state index in [0.717, 1.165) is 25.0 Å². The Balaban J connectivity index is 2.34. The molecule has 1 aromatic carbocycles. The van der Waals surface area contributed by atoms with E-state index < -0.39 is 17.7 Å². The van der Waals surface area contributed by atoms with Gasteiger partial charge < -0.3 is 10.0 Å². The summed E-state index contributed by atoms with van der Waals surface area (Å²) in [6.45, 7) is 0.100. The van der Waals surface area contributed by atoms with Crippen LogP contribution in [0.2, 0.25) is 0 Å². The first-order valence-corrected chi connectivity index (χ1v) is 6.39. The molecule has 1 aliphatic carbocycles. The summed E-state index contributed by atoms with van der Waals surface area (Å²) in [6, 6.07) is 4.53. The van der Waals surface area contributed by atoms with Gasteiger partial charge in [0.1, 0.15) is 12.6 Å². The molecule has 0 unspecified atom stereocenters. The van der Waals surface area contributed by atoms with Crippen molar-refractivity contribution in [1.29, 1.82) is 5.26 Å². The quantitative estimate of drug-likeness (QED) is 0.908. The van der Waals surface area contributed by atoms with Gasteiger partial charge in [-0.2, -0.15) is 18.4 Å². The van der Waals surface area contributed by atoms with Crippen LogP contribution >= 0.6 is 0 Å². The van der Waals surface area contributed by atoms with Gasteiger partial charge in [-0.3, -0.25) is 4.79 Å². The first kappa shape index (κ1) is 15.2. The van der Waals surface area contributed by atoms with Crippen LogP contribution in [-0.4, -0.2) is 24.2 Å². The number of hydrogen-bond donors (Lipinski definition) is 1. The molecular weight excluding hydrogens is 285 g/mol. The van der Waals surface area contributed by atoms with E-state index in [1.165, 1.54) is 11.0 Å². The molecule has 112 valence electrons. The van der Waals surface area contributed by atoms with Crippen molar-refractivity contribution >= 4 is 11.7 Å². The number of carbonyl (C=O) groups is 1. The lowest BCUT2D eigenvalue weighted by Crippen LogP contribution is -2.32. The van der Waals surface area contributed by atoms with Gasteiger partial charge in [-0.1, -0.05) is 0 Å². The Morgan fingerprint density at radius 1 is 1.43 bits per heavy atom. The van der Waals surface area contributed by atoms with E-state index >= 15 is 0 Å². The monoisotopic (exact) mass is 298 g/mol. The van der Waals surface area contributed by atoms with Crippen molar-refractivity contribution in [2.75, 3.05) is 18.0 Å². The molecule has 0 heterocycles. The summed E-state index contributed by atoms with van der Waals surface area (Å²) in [7, 11) is 0. The second kappa shape index (κ2) is 5.64. The van der Waals surface area contributed by atoms with Crippen LogP contribution < -0.4 is 4.90 Å². The number of rotatable bonds is 5. The largest absolute Gasteiger partial charge is 0.480 e. The predicted octanol–water partition coefficient (Wildman–Crippen LogP) is 2.88. The van der Waals surface area contributed by atoms with Crippen molar-refractivity contribution in [3.05, 3.63) is 29.3 Å². The number of benzene rings is 1. The maximum absolute atomic E-state index is 12.7. The fourth-order valence-corrected chi connectivity index (χ4v) is 2.10. The van der Waals surface area contributed by atoms with Crippen LogP contribution in [0.3, 0.4) is 0 Å². The average molecular weight is 298 g/mol. The maximum atomic E-state index is 12.7. The third-order valence-corrected chi connectivity index (χ3v) is 3.29. The highest BCUT2D eigenvalue weighted by atomic mass is 19.4. The fraction of sp³-hybridized carbons (Fsp3) is 0.429. The molecule has 1 aromatic rings. The van der Waals surface area contributed by atoms with Gasteiger partial charge in [0.05, 0.1) is 16.8 Å². The molecule has 4 nitrogen and oxygen atoms in total. The number of halogens is 3. The number of aliphatic carboxylic acids is 1. The summed E-state index contributed by atoms with van der Waals surface area (Å²) in [5.41, 5.74) is -0.837. The third-order valence-electron chi connectivity index (χ3n) is 3.29. The van der Waals surface area contributed by atoms with Gasteiger partial charge in [-0.25, -0.2) is 0 Å². The number of carboxylic acids is 1. The summed E-state index contributed by atoms with van der Waals surface area (Å²) in [5, 5.41) is 18.0. The van der Waals surface area contributed by atoms with E-state index in [0.29, 0.717) is 12.5 Å². The maximum Gasteiger partial charge on any atom is 0.416 e. The lowest BCUT2D eigenvalue weighted by molar-refractivity contribution is -0.138. The number of nitrogens with zero attached hydrogens (tertiary/aromatic N) is 2. The molecule has 0 saturated heterocycles. The Kier molecular flexibility index (Phi) is 4.07.